The maximum absolute atomic E-state index is 3.75. The van der Waals surface area contributed by atoms with Crippen LogP contribution in [0.2, 0.25) is 0 Å². The molecule has 1 nitrogen and oxygen atoms in total. The molecule has 1 heteroatoms. The predicted octanol–water partition coefficient (Wildman–Crippen LogP) is 4.29. The quantitative estimate of drug-likeness (QED) is 0.842. The van der Waals surface area contributed by atoms with Crippen LogP contribution < -0.4 is 5.32 Å². The lowest BCUT2D eigenvalue weighted by Crippen LogP contribution is -2.24. The summed E-state index contributed by atoms with van der Waals surface area (Å²) in [5.74, 6) is 0. The van der Waals surface area contributed by atoms with Crippen molar-refractivity contribution in [3.63, 3.8) is 0 Å². The van der Waals surface area contributed by atoms with Crippen molar-refractivity contribution >= 4 is 10.8 Å². The first-order valence-corrected chi connectivity index (χ1v) is 6.82. The fourth-order valence-corrected chi connectivity index (χ4v) is 2.77. The van der Waals surface area contributed by atoms with E-state index in [1.807, 2.05) is 0 Å². The van der Waals surface area contributed by atoms with Gasteiger partial charge in [0.1, 0.15) is 0 Å². The standard InChI is InChI=1S/C17H21N/c1-12(18-16-11-17(16,2)3)14-10-6-8-13-7-4-5-9-15(13)14/h4-10,12,16,18H,11H2,1-3H3. The molecule has 1 aliphatic rings. The monoisotopic (exact) mass is 239 g/mol. The maximum atomic E-state index is 3.75. The van der Waals surface area contributed by atoms with Gasteiger partial charge in [0, 0.05) is 12.1 Å². The summed E-state index contributed by atoms with van der Waals surface area (Å²) in [5, 5.41) is 6.46. The summed E-state index contributed by atoms with van der Waals surface area (Å²) in [6.45, 7) is 6.94. The average Bonchev–Trinajstić information content (AvgIpc) is 2.95. The molecule has 0 radical (unpaired) electrons. The molecule has 0 bridgehead atoms. The third kappa shape index (κ3) is 2.04. The van der Waals surface area contributed by atoms with E-state index in [9.17, 15) is 0 Å². The van der Waals surface area contributed by atoms with Crippen LogP contribution in [0.5, 0.6) is 0 Å². The van der Waals surface area contributed by atoms with Gasteiger partial charge in [-0.3, -0.25) is 0 Å². The van der Waals surface area contributed by atoms with Crippen molar-refractivity contribution in [2.24, 2.45) is 5.41 Å². The lowest BCUT2D eigenvalue weighted by atomic mass is 9.99. The molecule has 1 aliphatic carbocycles. The van der Waals surface area contributed by atoms with E-state index in [-0.39, 0.29) is 0 Å². The minimum absolute atomic E-state index is 0.419. The third-order valence-corrected chi connectivity index (χ3v) is 4.25. The second kappa shape index (κ2) is 4.10. The van der Waals surface area contributed by atoms with Crippen LogP contribution in [0.25, 0.3) is 10.8 Å². The molecular weight excluding hydrogens is 218 g/mol. The van der Waals surface area contributed by atoms with Crippen LogP contribution in [0, 0.1) is 5.41 Å². The van der Waals surface area contributed by atoms with Crippen molar-refractivity contribution in [2.45, 2.75) is 39.3 Å². The Morgan fingerprint density at radius 3 is 2.50 bits per heavy atom. The van der Waals surface area contributed by atoms with Crippen LogP contribution in [0.4, 0.5) is 0 Å². The molecule has 2 aromatic carbocycles. The first kappa shape index (κ1) is 11.7. The van der Waals surface area contributed by atoms with Gasteiger partial charge in [0.05, 0.1) is 0 Å². The van der Waals surface area contributed by atoms with Gasteiger partial charge in [-0.25, -0.2) is 0 Å². The van der Waals surface area contributed by atoms with Crippen molar-refractivity contribution in [1.82, 2.24) is 5.32 Å². The van der Waals surface area contributed by atoms with Gasteiger partial charge in [0.2, 0.25) is 0 Å². The first-order chi connectivity index (χ1) is 8.58. The highest BCUT2D eigenvalue weighted by Crippen LogP contribution is 2.45. The molecule has 0 heterocycles. The summed E-state index contributed by atoms with van der Waals surface area (Å²) in [7, 11) is 0. The van der Waals surface area contributed by atoms with Gasteiger partial charge in [0.25, 0.3) is 0 Å². The smallest absolute Gasteiger partial charge is 0.0300 e. The third-order valence-electron chi connectivity index (χ3n) is 4.25. The molecule has 94 valence electrons. The molecule has 1 N–H and O–H groups in total. The van der Waals surface area contributed by atoms with Crippen LogP contribution in [0.1, 0.15) is 38.8 Å². The molecule has 18 heavy (non-hydrogen) atoms. The Morgan fingerprint density at radius 1 is 1.11 bits per heavy atom. The fourth-order valence-electron chi connectivity index (χ4n) is 2.77. The molecule has 0 amide bonds. The van der Waals surface area contributed by atoms with Gasteiger partial charge in [-0.2, -0.15) is 0 Å². The topological polar surface area (TPSA) is 12.0 Å². The lowest BCUT2D eigenvalue weighted by Gasteiger charge is -2.17. The molecule has 0 spiro atoms. The van der Waals surface area contributed by atoms with Gasteiger partial charge < -0.3 is 5.32 Å². The molecular formula is C17H21N. The minimum atomic E-state index is 0.419. The Balaban J connectivity index is 1.89. The molecule has 1 fully saturated rings. The molecule has 0 aliphatic heterocycles. The van der Waals surface area contributed by atoms with E-state index >= 15 is 0 Å². The Hall–Kier alpha value is -1.34. The zero-order chi connectivity index (χ0) is 12.8. The van der Waals surface area contributed by atoms with E-state index in [4.69, 9.17) is 0 Å². The lowest BCUT2D eigenvalue weighted by molar-refractivity contribution is 0.493. The zero-order valence-electron chi connectivity index (χ0n) is 11.4. The SMILES string of the molecule is CC(NC1CC1(C)C)c1cccc2ccccc12. The molecule has 1 saturated carbocycles. The largest absolute Gasteiger partial charge is 0.307 e. The molecule has 2 atom stereocenters. The summed E-state index contributed by atoms with van der Waals surface area (Å²) in [6, 6.07) is 16.3. The summed E-state index contributed by atoms with van der Waals surface area (Å²) in [5.41, 5.74) is 1.90. The van der Waals surface area contributed by atoms with Gasteiger partial charge in [0.15, 0.2) is 0 Å². The van der Waals surface area contributed by atoms with Gasteiger partial charge in [-0.15, -0.1) is 0 Å². The average molecular weight is 239 g/mol. The molecule has 3 rings (SSSR count). The van der Waals surface area contributed by atoms with Gasteiger partial charge in [-0.1, -0.05) is 56.3 Å². The molecule has 2 aromatic rings. The van der Waals surface area contributed by atoms with E-state index in [0.29, 0.717) is 17.5 Å². The van der Waals surface area contributed by atoms with E-state index < -0.39 is 0 Å². The van der Waals surface area contributed by atoms with Gasteiger partial charge in [-0.05, 0) is 35.1 Å². The van der Waals surface area contributed by atoms with E-state index in [0.717, 1.165) is 0 Å². The Kier molecular flexibility index (Phi) is 2.67. The normalized spacial score (nSPS) is 22.9. The summed E-state index contributed by atoms with van der Waals surface area (Å²) in [6.07, 6.45) is 1.29. The van der Waals surface area contributed by atoms with Crippen LogP contribution >= 0.6 is 0 Å². The molecule has 0 aromatic heterocycles. The van der Waals surface area contributed by atoms with Crippen LogP contribution in [-0.2, 0) is 0 Å². The predicted molar refractivity (Wildman–Crippen MR) is 77.7 cm³/mol. The Bertz CT molecular complexity index is 565. The number of fused-ring (bicyclic) bond motifs is 1. The number of hydrogen-bond acceptors (Lipinski definition) is 1. The second-order valence-corrected chi connectivity index (χ2v) is 6.20. The van der Waals surface area contributed by atoms with Gasteiger partial charge >= 0.3 is 0 Å². The van der Waals surface area contributed by atoms with Crippen LogP contribution in [0.3, 0.4) is 0 Å². The minimum Gasteiger partial charge on any atom is -0.307 e. The molecule has 2 unspecified atom stereocenters. The highest BCUT2D eigenvalue weighted by atomic mass is 15.0. The number of nitrogens with one attached hydrogen (secondary N) is 1. The van der Waals surface area contributed by atoms with E-state index in [1.54, 1.807) is 0 Å². The number of rotatable bonds is 3. The summed E-state index contributed by atoms with van der Waals surface area (Å²) < 4.78 is 0. The fraction of sp³-hybridized carbons (Fsp3) is 0.412. The summed E-state index contributed by atoms with van der Waals surface area (Å²) >= 11 is 0. The van der Waals surface area contributed by atoms with E-state index in [1.165, 1.54) is 22.8 Å². The molecule has 0 saturated heterocycles. The van der Waals surface area contributed by atoms with Crippen molar-refractivity contribution < 1.29 is 0 Å². The highest BCUT2D eigenvalue weighted by molar-refractivity contribution is 5.86. The van der Waals surface area contributed by atoms with Crippen LogP contribution in [-0.4, -0.2) is 6.04 Å². The van der Waals surface area contributed by atoms with Crippen molar-refractivity contribution in [3.8, 4) is 0 Å². The van der Waals surface area contributed by atoms with Crippen LogP contribution in [0.15, 0.2) is 42.5 Å². The Labute approximate surface area is 109 Å². The number of hydrogen-bond donors (Lipinski definition) is 1. The second-order valence-electron chi connectivity index (χ2n) is 6.20. The first-order valence-electron chi connectivity index (χ1n) is 6.82. The summed E-state index contributed by atoms with van der Waals surface area (Å²) in [4.78, 5) is 0. The van der Waals surface area contributed by atoms with Crippen molar-refractivity contribution in [3.05, 3.63) is 48.0 Å². The zero-order valence-corrected chi connectivity index (χ0v) is 11.4. The van der Waals surface area contributed by atoms with Crippen molar-refractivity contribution in [1.29, 1.82) is 0 Å². The highest BCUT2D eigenvalue weighted by Gasteiger charge is 2.45. The Morgan fingerprint density at radius 2 is 1.78 bits per heavy atom. The number of benzene rings is 2. The van der Waals surface area contributed by atoms with E-state index in [2.05, 4.69) is 68.6 Å². The maximum Gasteiger partial charge on any atom is 0.0300 e. The van der Waals surface area contributed by atoms with Crippen molar-refractivity contribution in [2.75, 3.05) is 0 Å².